The standard InChI is InChI=1S/C36H36N4O4S/c1-8-44-35(42)31-22(3)37-36-40(33(31)32-28-12-10-9-11-24(28)13-18-29(32)43-7)34(41)30(45-36)20-25-19-21(2)39(23(25)4)27-16-14-26(15-17-27)38(5)6/h9-20,33H,8H2,1-7H3/b30-20+/t33-/m0/s1. The minimum Gasteiger partial charge on any atom is -0.496 e. The highest BCUT2D eigenvalue weighted by Crippen LogP contribution is 2.40. The van der Waals surface area contributed by atoms with Crippen LogP contribution in [0.2, 0.25) is 0 Å². The van der Waals surface area contributed by atoms with Crippen LogP contribution >= 0.6 is 11.3 Å². The molecular formula is C36H36N4O4S. The van der Waals surface area contributed by atoms with Gasteiger partial charge in [0.1, 0.15) is 11.8 Å². The van der Waals surface area contributed by atoms with Crippen LogP contribution in [-0.2, 0) is 9.53 Å². The molecule has 0 spiro atoms. The van der Waals surface area contributed by atoms with Crippen LogP contribution in [0.15, 0.2) is 87.8 Å². The first-order valence-corrected chi connectivity index (χ1v) is 15.7. The van der Waals surface area contributed by atoms with Gasteiger partial charge in [-0.25, -0.2) is 9.79 Å². The van der Waals surface area contributed by atoms with Gasteiger partial charge in [0.2, 0.25) is 0 Å². The number of hydrogen-bond donors (Lipinski definition) is 0. The molecular weight excluding hydrogens is 584 g/mol. The van der Waals surface area contributed by atoms with Crippen molar-refractivity contribution in [2.24, 2.45) is 4.99 Å². The third-order valence-electron chi connectivity index (χ3n) is 8.32. The van der Waals surface area contributed by atoms with Gasteiger partial charge in [-0.2, -0.15) is 0 Å². The summed E-state index contributed by atoms with van der Waals surface area (Å²) >= 11 is 1.32. The zero-order valence-corrected chi connectivity index (χ0v) is 27.4. The van der Waals surface area contributed by atoms with E-state index in [1.807, 2.05) is 56.6 Å². The van der Waals surface area contributed by atoms with Gasteiger partial charge in [0.05, 0.1) is 29.5 Å². The van der Waals surface area contributed by atoms with Crippen molar-refractivity contribution in [3.63, 3.8) is 0 Å². The Hall–Kier alpha value is -4.89. The van der Waals surface area contributed by atoms with Crippen LogP contribution in [0.1, 0.15) is 42.4 Å². The first-order valence-electron chi connectivity index (χ1n) is 14.9. The van der Waals surface area contributed by atoms with E-state index in [0.29, 0.717) is 26.4 Å². The average molecular weight is 621 g/mol. The summed E-state index contributed by atoms with van der Waals surface area (Å²) in [4.78, 5) is 35.3. The normalized spacial score (nSPS) is 14.8. The first-order chi connectivity index (χ1) is 21.6. The number of rotatable bonds is 7. The number of benzene rings is 3. The van der Waals surface area contributed by atoms with Crippen molar-refractivity contribution >= 4 is 39.8 Å². The summed E-state index contributed by atoms with van der Waals surface area (Å²) < 4.78 is 15.7. The van der Waals surface area contributed by atoms with Crippen LogP contribution in [0.3, 0.4) is 0 Å². The SMILES string of the molecule is CCOC(=O)C1=C(C)N=c2s/c(=C/c3cc(C)n(-c4ccc(N(C)C)cc4)c3C)c(=O)n2[C@@H]1c1c(OC)ccc2ccccc12. The first kappa shape index (κ1) is 30.1. The van der Waals surface area contributed by atoms with Gasteiger partial charge in [-0.3, -0.25) is 9.36 Å². The fourth-order valence-corrected chi connectivity index (χ4v) is 7.21. The Morgan fingerprint density at radius 3 is 2.47 bits per heavy atom. The molecule has 45 heavy (non-hydrogen) atoms. The lowest BCUT2D eigenvalue weighted by molar-refractivity contribution is -0.139. The second-order valence-electron chi connectivity index (χ2n) is 11.3. The van der Waals surface area contributed by atoms with Gasteiger partial charge in [0, 0.05) is 42.4 Å². The fraction of sp³-hybridized carbons (Fsp3) is 0.250. The van der Waals surface area contributed by atoms with Crippen LogP contribution in [-0.4, -0.2) is 42.9 Å². The molecule has 0 saturated heterocycles. The van der Waals surface area contributed by atoms with Gasteiger partial charge in [0.25, 0.3) is 5.56 Å². The van der Waals surface area contributed by atoms with Gasteiger partial charge in [-0.05, 0) is 86.5 Å². The molecule has 9 heteroatoms. The molecule has 0 saturated carbocycles. The third kappa shape index (κ3) is 5.17. The second-order valence-corrected chi connectivity index (χ2v) is 12.3. The van der Waals surface area contributed by atoms with Crippen LogP contribution in [0.25, 0.3) is 22.5 Å². The lowest BCUT2D eigenvalue weighted by Gasteiger charge is -2.27. The number of aromatic nitrogens is 2. The van der Waals surface area contributed by atoms with Crippen molar-refractivity contribution in [2.75, 3.05) is 32.7 Å². The zero-order chi connectivity index (χ0) is 32.0. The van der Waals surface area contributed by atoms with Gasteiger partial charge >= 0.3 is 5.97 Å². The fourth-order valence-electron chi connectivity index (χ4n) is 6.17. The van der Waals surface area contributed by atoms with E-state index in [0.717, 1.165) is 44.7 Å². The number of nitrogens with zero attached hydrogens (tertiary/aromatic N) is 4. The Morgan fingerprint density at radius 2 is 1.78 bits per heavy atom. The van der Waals surface area contributed by atoms with Gasteiger partial charge in [-0.1, -0.05) is 41.7 Å². The van der Waals surface area contributed by atoms with E-state index >= 15 is 0 Å². The van der Waals surface area contributed by atoms with E-state index in [-0.39, 0.29) is 12.2 Å². The van der Waals surface area contributed by atoms with Crippen LogP contribution < -0.4 is 24.5 Å². The average Bonchev–Trinajstić information content (AvgIpc) is 3.48. The van der Waals surface area contributed by atoms with Crippen molar-refractivity contribution in [3.8, 4) is 11.4 Å². The number of allylic oxidation sites excluding steroid dienone is 1. The van der Waals surface area contributed by atoms with Crippen LogP contribution in [0.4, 0.5) is 5.69 Å². The largest absolute Gasteiger partial charge is 0.496 e. The predicted octanol–water partition coefficient (Wildman–Crippen LogP) is 5.43. The highest BCUT2D eigenvalue weighted by molar-refractivity contribution is 7.07. The number of fused-ring (bicyclic) bond motifs is 2. The number of carbonyl (C=O) groups excluding carboxylic acids is 1. The molecule has 0 amide bonds. The number of ether oxygens (including phenoxy) is 2. The Morgan fingerprint density at radius 1 is 1.04 bits per heavy atom. The molecule has 6 rings (SSSR count). The number of esters is 1. The highest BCUT2D eigenvalue weighted by atomic mass is 32.1. The Bertz CT molecular complexity index is 2170. The molecule has 0 N–H and O–H groups in total. The maximum absolute atomic E-state index is 14.4. The molecule has 0 fully saturated rings. The van der Waals surface area contributed by atoms with E-state index in [4.69, 9.17) is 14.5 Å². The minimum atomic E-state index is -0.786. The molecule has 5 aromatic rings. The smallest absolute Gasteiger partial charge is 0.338 e. The maximum Gasteiger partial charge on any atom is 0.338 e. The van der Waals surface area contributed by atoms with Crippen molar-refractivity contribution in [2.45, 2.75) is 33.7 Å². The Balaban J connectivity index is 1.57. The van der Waals surface area contributed by atoms with Crippen molar-refractivity contribution < 1.29 is 14.3 Å². The minimum absolute atomic E-state index is 0.201. The molecule has 3 aromatic carbocycles. The van der Waals surface area contributed by atoms with E-state index in [9.17, 15) is 9.59 Å². The van der Waals surface area contributed by atoms with E-state index < -0.39 is 12.0 Å². The van der Waals surface area contributed by atoms with Crippen molar-refractivity contribution in [3.05, 3.63) is 120 Å². The Labute approximate surface area is 265 Å². The maximum atomic E-state index is 14.4. The summed E-state index contributed by atoms with van der Waals surface area (Å²) in [6.07, 6.45) is 1.93. The molecule has 1 aliphatic heterocycles. The number of thiazole rings is 1. The molecule has 2 aromatic heterocycles. The summed E-state index contributed by atoms with van der Waals surface area (Å²) in [5, 5.41) is 1.86. The van der Waals surface area contributed by atoms with E-state index in [2.05, 4.69) is 53.6 Å². The van der Waals surface area contributed by atoms with Crippen molar-refractivity contribution in [1.29, 1.82) is 0 Å². The molecule has 1 atom stereocenters. The number of anilines is 1. The van der Waals surface area contributed by atoms with Crippen LogP contribution in [0, 0.1) is 13.8 Å². The molecule has 0 radical (unpaired) electrons. The summed E-state index contributed by atoms with van der Waals surface area (Å²) in [6.45, 7) is 7.88. The second kappa shape index (κ2) is 11.9. The lowest BCUT2D eigenvalue weighted by Crippen LogP contribution is -2.40. The van der Waals surface area contributed by atoms with E-state index in [1.165, 1.54) is 11.3 Å². The van der Waals surface area contributed by atoms with Gasteiger partial charge in [-0.15, -0.1) is 0 Å². The molecule has 8 nitrogen and oxygen atoms in total. The summed E-state index contributed by atoms with van der Waals surface area (Å²) in [7, 11) is 5.64. The Kier molecular flexibility index (Phi) is 7.97. The van der Waals surface area contributed by atoms with Crippen LogP contribution in [0.5, 0.6) is 5.75 Å². The number of hydrogen-bond acceptors (Lipinski definition) is 7. The van der Waals surface area contributed by atoms with E-state index in [1.54, 1.807) is 25.5 Å². The molecule has 0 bridgehead atoms. The summed E-state index contributed by atoms with van der Waals surface area (Å²) in [5.41, 5.74) is 6.52. The third-order valence-corrected chi connectivity index (χ3v) is 9.31. The lowest BCUT2D eigenvalue weighted by atomic mass is 9.90. The predicted molar refractivity (Wildman–Crippen MR) is 180 cm³/mol. The monoisotopic (exact) mass is 620 g/mol. The summed E-state index contributed by atoms with van der Waals surface area (Å²) in [6, 6.07) is 21.5. The highest BCUT2D eigenvalue weighted by Gasteiger charge is 2.36. The zero-order valence-electron chi connectivity index (χ0n) is 26.5. The molecule has 0 aliphatic carbocycles. The van der Waals surface area contributed by atoms with Crippen molar-refractivity contribution in [1.82, 2.24) is 9.13 Å². The number of carbonyl (C=O) groups is 1. The molecule has 3 heterocycles. The molecule has 230 valence electrons. The molecule has 1 aliphatic rings. The topological polar surface area (TPSA) is 78.1 Å². The number of methoxy groups -OCH3 is 1. The summed E-state index contributed by atoms with van der Waals surface area (Å²) in [5.74, 6) is 0.0745. The quantitative estimate of drug-likeness (QED) is 0.227. The molecule has 0 unspecified atom stereocenters. The van der Waals surface area contributed by atoms with Gasteiger partial charge in [0.15, 0.2) is 4.80 Å². The number of aryl methyl sites for hydroxylation is 1. The van der Waals surface area contributed by atoms with Gasteiger partial charge < -0.3 is 18.9 Å².